The van der Waals surface area contributed by atoms with Gasteiger partial charge < -0.3 is 10.6 Å². The van der Waals surface area contributed by atoms with Crippen LogP contribution in [0.3, 0.4) is 0 Å². The van der Waals surface area contributed by atoms with Crippen molar-refractivity contribution in [3.05, 3.63) is 24.0 Å². The highest BCUT2D eigenvalue weighted by Gasteiger charge is 2.48. The van der Waals surface area contributed by atoms with E-state index in [4.69, 9.17) is 0 Å². The van der Waals surface area contributed by atoms with E-state index in [0.29, 0.717) is 0 Å². The van der Waals surface area contributed by atoms with Crippen LogP contribution in [-0.4, -0.2) is 33.4 Å². The van der Waals surface area contributed by atoms with Crippen LogP contribution in [0.15, 0.2) is 23.1 Å². The summed E-state index contributed by atoms with van der Waals surface area (Å²) in [6.07, 6.45) is 0. The SMILES string of the molecule is CNC(=O)CNc1ccc(F)cc1S(=O)(=O)C(F)(F)F. The molecule has 20 heavy (non-hydrogen) atoms. The molecule has 1 aromatic carbocycles. The molecule has 0 bridgehead atoms. The van der Waals surface area contributed by atoms with E-state index in [1.54, 1.807) is 0 Å². The number of carbonyl (C=O) groups excluding carboxylic acids is 1. The van der Waals surface area contributed by atoms with Crippen LogP contribution >= 0.6 is 0 Å². The smallest absolute Gasteiger partial charge is 0.375 e. The lowest BCUT2D eigenvalue weighted by molar-refractivity contribution is -0.118. The van der Waals surface area contributed by atoms with Crippen LogP contribution in [0, 0.1) is 5.82 Å². The van der Waals surface area contributed by atoms with Gasteiger partial charge in [0.05, 0.1) is 12.2 Å². The third kappa shape index (κ3) is 3.38. The first-order valence-electron chi connectivity index (χ1n) is 5.15. The number of hydrogen-bond acceptors (Lipinski definition) is 4. The molecule has 0 aliphatic rings. The van der Waals surface area contributed by atoms with E-state index in [2.05, 4.69) is 10.6 Å². The van der Waals surface area contributed by atoms with E-state index >= 15 is 0 Å². The van der Waals surface area contributed by atoms with Gasteiger partial charge in [-0.05, 0) is 18.2 Å². The van der Waals surface area contributed by atoms with Crippen molar-refractivity contribution >= 4 is 21.4 Å². The molecule has 0 unspecified atom stereocenters. The van der Waals surface area contributed by atoms with Crippen molar-refractivity contribution in [1.29, 1.82) is 0 Å². The van der Waals surface area contributed by atoms with Crippen LogP contribution in [0.25, 0.3) is 0 Å². The summed E-state index contributed by atoms with van der Waals surface area (Å²) < 4.78 is 73.0. The Labute approximate surface area is 111 Å². The van der Waals surface area contributed by atoms with Crippen molar-refractivity contribution in [2.24, 2.45) is 0 Å². The van der Waals surface area contributed by atoms with Crippen molar-refractivity contribution in [1.82, 2.24) is 5.32 Å². The predicted molar refractivity (Wildman–Crippen MR) is 62.2 cm³/mol. The van der Waals surface area contributed by atoms with E-state index < -0.39 is 44.2 Å². The lowest BCUT2D eigenvalue weighted by Gasteiger charge is -2.14. The molecule has 10 heteroatoms. The summed E-state index contributed by atoms with van der Waals surface area (Å²) in [5.74, 6) is -1.72. The maximum atomic E-state index is 13.0. The minimum absolute atomic E-state index is 0.245. The highest BCUT2D eigenvalue weighted by molar-refractivity contribution is 7.92. The number of benzene rings is 1. The largest absolute Gasteiger partial charge is 0.501 e. The Morgan fingerprint density at radius 1 is 1.30 bits per heavy atom. The van der Waals surface area contributed by atoms with Gasteiger partial charge in [0.1, 0.15) is 10.7 Å². The fourth-order valence-corrected chi connectivity index (χ4v) is 2.20. The lowest BCUT2D eigenvalue weighted by atomic mass is 10.3. The zero-order valence-corrected chi connectivity index (χ0v) is 10.9. The van der Waals surface area contributed by atoms with E-state index in [1.165, 1.54) is 7.05 Å². The number of sulfone groups is 1. The second-order valence-electron chi connectivity index (χ2n) is 3.62. The molecule has 0 aliphatic heterocycles. The Hall–Kier alpha value is -1.84. The number of rotatable bonds is 4. The molecule has 0 radical (unpaired) electrons. The molecule has 112 valence electrons. The summed E-state index contributed by atoms with van der Waals surface area (Å²) in [6.45, 7) is -0.456. The minimum atomic E-state index is -5.72. The van der Waals surface area contributed by atoms with Crippen LogP contribution < -0.4 is 10.6 Å². The Balaban J connectivity index is 3.25. The summed E-state index contributed by atoms with van der Waals surface area (Å²) >= 11 is 0. The van der Waals surface area contributed by atoms with Gasteiger partial charge in [0, 0.05) is 7.05 Å². The van der Waals surface area contributed by atoms with Crippen molar-refractivity contribution in [3.63, 3.8) is 0 Å². The topological polar surface area (TPSA) is 75.3 Å². The molecule has 2 N–H and O–H groups in total. The molecule has 0 aliphatic carbocycles. The summed E-state index contributed by atoms with van der Waals surface area (Å²) in [7, 11) is -4.42. The van der Waals surface area contributed by atoms with Crippen LogP contribution in [0.5, 0.6) is 0 Å². The standard InChI is InChI=1S/C10H10F4N2O3S/c1-15-9(17)5-16-7-3-2-6(11)4-8(7)20(18,19)10(12,13)14/h2-4,16H,5H2,1H3,(H,15,17). The van der Waals surface area contributed by atoms with Gasteiger partial charge in [-0.3, -0.25) is 4.79 Å². The Morgan fingerprint density at radius 2 is 1.90 bits per heavy atom. The first-order valence-corrected chi connectivity index (χ1v) is 6.63. The number of hydrogen-bond donors (Lipinski definition) is 2. The molecule has 5 nitrogen and oxygen atoms in total. The third-order valence-corrected chi connectivity index (χ3v) is 3.78. The highest BCUT2D eigenvalue weighted by Crippen LogP contribution is 2.34. The molecule has 0 aromatic heterocycles. The Morgan fingerprint density at radius 3 is 2.40 bits per heavy atom. The molecule has 0 heterocycles. The van der Waals surface area contributed by atoms with E-state index in [9.17, 15) is 30.8 Å². The van der Waals surface area contributed by atoms with Gasteiger partial charge in [-0.1, -0.05) is 0 Å². The number of carbonyl (C=O) groups is 1. The van der Waals surface area contributed by atoms with Crippen LogP contribution in [0.2, 0.25) is 0 Å². The van der Waals surface area contributed by atoms with Gasteiger partial charge in [-0.2, -0.15) is 13.2 Å². The zero-order chi connectivity index (χ0) is 15.6. The molecule has 1 amide bonds. The lowest BCUT2D eigenvalue weighted by Crippen LogP contribution is -2.28. The molecule has 0 saturated carbocycles. The molecule has 0 spiro atoms. The Bertz CT molecular complexity index is 613. The number of anilines is 1. The first-order chi connectivity index (χ1) is 9.09. The van der Waals surface area contributed by atoms with Crippen LogP contribution in [0.4, 0.5) is 23.2 Å². The molecular formula is C10H10F4N2O3S. The number of likely N-dealkylation sites (N-methyl/N-ethyl adjacent to an activating group) is 1. The van der Waals surface area contributed by atoms with Crippen molar-refractivity contribution in [3.8, 4) is 0 Å². The fourth-order valence-electron chi connectivity index (χ4n) is 1.25. The van der Waals surface area contributed by atoms with Gasteiger partial charge >= 0.3 is 5.51 Å². The minimum Gasteiger partial charge on any atom is -0.375 e. The van der Waals surface area contributed by atoms with Gasteiger partial charge in [0.25, 0.3) is 9.84 Å². The fraction of sp³-hybridized carbons (Fsp3) is 0.300. The monoisotopic (exact) mass is 314 g/mol. The third-order valence-electron chi connectivity index (χ3n) is 2.26. The van der Waals surface area contributed by atoms with E-state index in [0.717, 1.165) is 12.1 Å². The maximum absolute atomic E-state index is 13.0. The summed E-state index contributed by atoms with van der Waals surface area (Å²) in [5.41, 5.74) is -6.07. The van der Waals surface area contributed by atoms with Gasteiger partial charge in [0.15, 0.2) is 0 Å². The molecule has 1 rings (SSSR count). The second kappa shape index (κ2) is 5.65. The highest BCUT2D eigenvalue weighted by atomic mass is 32.2. The molecule has 0 saturated heterocycles. The summed E-state index contributed by atoms with van der Waals surface area (Å²) in [4.78, 5) is 9.72. The maximum Gasteiger partial charge on any atom is 0.501 e. The van der Waals surface area contributed by atoms with Crippen molar-refractivity contribution in [2.75, 3.05) is 18.9 Å². The summed E-state index contributed by atoms with van der Waals surface area (Å²) in [5, 5.41) is 4.40. The molecule has 1 aromatic rings. The van der Waals surface area contributed by atoms with E-state index in [-0.39, 0.29) is 6.07 Å². The molecular weight excluding hydrogens is 304 g/mol. The van der Waals surface area contributed by atoms with Gasteiger partial charge in [-0.25, -0.2) is 12.8 Å². The van der Waals surface area contributed by atoms with Crippen molar-refractivity contribution < 1.29 is 30.8 Å². The average Bonchev–Trinajstić information content (AvgIpc) is 2.35. The number of halogens is 4. The van der Waals surface area contributed by atoms with Crippen LogP contribution in [0.1, 0.15) is 0 Å². The Kier molecular flexibility index (Phi) is 4.58. The number of alkyl halides is 3. The number of amides is 1. The normalized spacial score (nSPS) is 12.1. The van der Waals surface area contributed by atoms with Gasteiger partial charge in [0.2, 0.25) is 5.91 Å². The summed E-state index contributed by atoms with van der Waals surface area (Å²) in [6, 6.07) is 1.84. The number of nitrogens with one attached hydrogen (secondary N) is 2. The molecule has 0 fully saturated rings. The van der Waals surface area contributed by atoms with Gasteiger partial charge in [-0.15, -0.1) is 0 Å². The zero-order valence-electron chi connectivity index (χ0n) is 10.1. The quantitative estimate of drug-likeness (QED) is 0.821. The van der Waals surface area contributed by atoms with Crippen molar-refractivity contribution in [2.45, 2.75) is 10.4 Å². The van der Waals surface area contributed by atoms with Crippen LogP contribution in [-0.2, 0) is 14.6 Å². The second-order valence-corrected chi connectivity index (χ2v) is 5.53. The molecule has 0 atom stereocenters. The average molecular weight is 314 g/mol. The first kappa shape index (κ1) is 16.2. The predicted octanol–water partition coefficient (Wildman–Crippen LogP) is 1.28. The van der Waals surface area contributed by atoms with E-state index in [1.807, 2.05) is 0 Å².